The van der Waals surface area contributed by atoms with Crippen LogP contribution in [0.5, 0.6) is 0 Å². The van der Waals surface area contributed by atoms with Gasteiger partial charge in [0.25, 0.3) is 0 Å². The highest BCUT2D eigenvalue weighted by Crippen LogP contribution is 2.29. The molecular formula is C95H89N23O5. The van der Waals surface area contributed by atoms with Crippen molar-refractivity contribution < 1.29 is 24.0 Å². The van der Waals surface area contributed by atoms with Crippen LogP contribution in [0.15, 0.2) is 257 Å². The average molecular weight is 1630 g/mol. The Morgan fingerprint density at radius 1 is 0.301 bits per heavy atom. The standard InChI is InChI=1S/C25H28N6O2.C24H21N5O.2C23H20N6O/c1-17-12-20(15-28-25(17)21-6-7-26-18(2)13-21)14-24(33)29-23-5-4-22(16-27-23)31-10-8-30(9-11-31)19(3)32;1-16-11-18(14-28-24(16)19-8-10-25-17(2)12-19)13-23(30)29-22-7-6-20(15-27-22)21-5-3-4-9-26-21;1-15-9-17(12-28-23(15)18-5-6-25-16(2)10-18)11-22(30)29-21-4-3-19(13-27-21)20-14-24-7-8-26-20;1-15-10-17(13-26-23(15)18-7-9-24-16(2)11-18)12-22(30)28-21-6-5-19(14-25-21)20-4-3-8-27-29-20/h4-7,12-13,15-16H,8-11,14H2,1-3H3,(H,27,29,33);3-12,14-15H,13H2,1-2H3,(H,27,29,30);3-10,12-14H,11H2,1-2H3,(H,27,29,30);3-11,13-14H,12H2,1-2H3,(H,25,28,30). The molecule has 16 heterocycles. The Kier molecular flexibility index (Phi) is 28.4. The highest BCUT2D eigenvalue weighted by molar-refractivity contribution is 5.94. The van der Waals surface area contributed by atoms with E-state index >= 15 is 0 Å². The molecule has 123 heavy (non-hydrogen) atoms. The number of hydrogen-bond donors (Lipinski definition) is 4. The van der Waals surface area contributed by atoms with E-state index in [0.29, 0.717) is 36.4 Å². The van der Waals surface area contributed by atoms with Gasteiger partial charge in [-0.25, -0.2) is 19.9 Å². The Hall–Kier alpha value is -15.7. The van der Waals surface area contributed by atoms with Crippen molar-refractivity contribution in [3.05, 3.63) is 324 Å². The molecule has 0 bridgehead atoms. The molecule has 1 aliphatic rings. The number of anilines is 5. The van der Waals surface area contributed by atoms with E-state index in [0.717, 1.165) is 165 Å². The van der Waals surface area contributed by atoms with Crippen LogP contribution in [0.1, 0.15) is 74.2 Å². The van der Waals surface area contributed by atoms with E-state index in [1.807, 2.05) is 194 Å². The molecule has 1 aliphatic heterocycles. The molecule has 0 spiro atoms. The normalized spacial score (nSPS) is 11.4. The smallest absolute Gasteiger partial charge is 0.230 e. The third-order valence-corrected chi connectivity index (χ3v) is 19.6. The summed E-state index contributed by atoms with van der Waals surface area (Å²) in [5.74, 6) is 1.53. The predicted molar refractivity (Wildman–Crippen MR) is 474 cm³/mol. The number of pyridine rings is 13. The maximum absolute atomic E-state index is 12.5. The molecule has 15 aromatic rings. The van der Waals surface area contributed by atoms with Gasteiger partial charge in [-0.2, -0.15) is 10.2 Å². The third kappa shape index (κ3) is 24.2. The van der Waals surface area contributed by atoms with Crippen molar-refractivity contribution in [2.24, 2.45) is 0 Å². The van der Waals surface area contributed by atoms with E-state index in [2.05, 4.69) is 111 Å². The zero-order valence-corrected chi connectivity index (χ0v) is 69.4. The fourth-order valence-electron chi connectivity index (χ4n) is 13.6. The van der Waals surface area contributed by atoms with Gasteiger partial charge in [-0.15, -0.1) is 0 Å². The second-order valence-electron chi connectivity index (χ2n) is 29.3. The predicted octanol–water partition coefficient (Wildman–Crippen LogP) is 15.0. The van der Waals surface area contributed by atoms with Gasteiger partial charge < -0.3 is 31.1 Å². The lowest BCUT2D eigenvalue weighted by atomic mass is 10.0. The van der Waals surface area contributed by atoms with Crippen molar-refractivity contribution >= 4 is 58.5 Å². The van der Waals surface area contributed by atoms with E-state index in [9.17, 15) is 24.0 Å². The Morgan fingerprint density at radius 2 is 0.667 bits per heavy atom. The number of amides is 5. The largest absolute Gasteiger partial charge is 0.367 e. The van der Waals surface area contributed by atoms with Gasteiger partial charge in [-0.1, -0.05) is 30.3 Å². The number of aryl methyl sites for hydroxylation is 8. The van der Waals surface area contributed by atoms with Crippen molar-refractivity contribution in [1.29, 1.82) is 0 Å². The number of carbonyl (C=O) groups excluding carboxylic acids is 5. The lowest BCUT2D eigenvalue weighted by Crippen LogP contribution is -2.48. The van der Waals surface area contributed by atoms with E-state index < -0.39 is 0 Å². The van der Waals surface area contributed by atoms with E-state index in [-0.39, 0.29) is 55.2 Å². The van der Waals surface area contributed by atoms with Crippen LogP contribution >= 0.6 is 0 Å². The monoisotopic (exact) mass is 1630 g/mol. The number of rotatable bonds is 20. The van der Waals surface area contributed by atoms with Crippen LogP contribution in [-0.4, -0.2) is 146 Å². The number of piperazine rings is 1. The third-order valence-electron chi connectivity index (χ3n) is 19.6. The molecule has 0 unspecified atom stereocenters. The van der Waals surface area contributed by atoms with Gasteiger partial charge in [0.2, 0.25) is 29.5 Å². The number of nitrogens with one attached hydrogen (secondary N) is 4. The summed E-state index contributed by atoms with van der Waals surface area (Å²) >= 11 is 0. The number of hydrogen-bond acceptors (Lipinski definition) is 23. The maximum Gasteiger partial charge on any atom is 0.230 e. The average Bonchev–Trinajstić information content (AvgIpc) is 0.830. The van der Waals surface area contributed by atoms with Crippen molar-refractivity contribution in [2.75, 3.05) is 52.3 Å². The van der Waals surface area contributed by atoms with Crippen LogP contribution in [-0.2, 0) is 49.7 Å². The summed E-state index contributed by atoms with van der Waals surface area (Å²) < 4.78 is 0. The molecule has 15 aromatic heterocycles. The lowest BCUT2D eigenvalue weighted by molar-refractivity contribution is -0.129. The summed E-state index contributed by atoms with van der Waals surface area (Å²) in [7, 11) is 0. The number of nitrogens with zero attached hydrogens (tertiary/aromatic N) is 19. The van der Waals surface area contributed by atoms with Crippen molar-refractivity contribution in [1.82, 2.24) is 89.9 Å². The molecule has 1 fully saturated rings. The molecule has 28 nitrogen and oxygen atoms in total. The van der Waals surface area contributed by atoms with Gasteiger partial charge in [0, 0.05) is 188 Å². The van der Waals surface area contributed by atoms with Gasteiger partial charge in [0.1, 0.15) is 23.3 Å². The minimum atomic E-state index is -0.150. The Bertz CT molecular complexity index is 5740. The fraction of sp³-hybridized carbons (Fsp3) is 0.179. The topological polar surface area (TPSA) is 359 Å². The van der Waals surface area contributed by atoms with Crippen LogP contribution in [0.3, 0.4) is 0 Å². The van der Waals surface area contributed by atoms with Crippen LogP contribution < -0.4 is 26.2 Å². The molecule has 0 saturated carbocycles. The Balaban J connectivity index is 0.000000141. The van der Waals surface area contributed by atoms with Crippen molar-refractivity contribution in [2.45, 2.75) is 88.0 Å². The SMILES string of the molecule is CC(=O)N1CCN(c2ccc(NC(=O)Cc3cnc(-c4ccnc(C)c4)c(C)c3)nc2)CC1.Cc1cc(-c2ncc(CC(=O)Nc3ccc(-c4ccccn4)cn3)cc2C)ccn1.Cc1cc(-c2ncc(CC(=O)Nc3ccc(-c4cccnn4)cn3)cc2C)ccn1.Cc1cc(-c2ncc(CC(=O)Nc3ccc(-c4cnccn4)cn3)cc2C)ccn1. The first kappa shape index (κ1) is 85.2. The minimum Gasteiger partial charge on any atom is -0.367 e. The second-order valence-corrected chi connectivity index (χ2v) is 29.3. The Labute approximate surface area is 712 Å². The minimum absolute atomic E-state index is 0.110. The highest BCUT2D eigenvalue weighted by Gasteiger charge is 2.21. The lowest BCUT2D eigenvalue weighted by Gasteiger charge is -2.35. The van der Waals surface area contributed by atoms with E-state index in [4.69, 9.17) is 0 Å². The van der Waals surface area contributed by atoms with Crippen LogP contribution in [0.2, 0.25) is 0 Å². The first-order valence-electron chi connectivity index (χ1n) is 39.7. The molecule has 0 aliphatic carbocycles. The number of aromatic nitrogens is 17. The van der Waals surface area contributed by atoms with E-state index in [1.165, 1.54) is 0 Å². The van der Waals surface area contributed by atoms with E-state index in [1.54, 1.807) is 130 Å². The molecule has 0 atom stereocenters. The summed E-state index contributed by atoms with van der Waals surface area (Å²) in [5, 5.41) is 19.2. The summed E-state index contributed by atoms with van der Waals surface area (Å²) in [6, 6.07) is 47.7. The summed E-state index contributed by atoms with van der Waals surface area (Å²) in [6.07, 6.45) is 30.0. The van der Waals surface area contributed by atoms with Gasteiger partial charge in [-0.05, 0) is 221 Å². The van der Waals surface area contributed by atoms with Crippen molar-refractivity contribution in [3.8, 4) is 78.8 Å². The summed E-state index contributed by atoms with van der Waals surface area (Å²) in [6.45, 7) is 20.3. The molecule has 5 amide bonds. The molecule has 0 radical (unpaired) electrons. The molecule has 0 aromatic carbocycles. The fourth-order valence-corrected chi connectivity index (χ4v) is 13.6. The molecule has 28 heteroatoms. The highest BCUT2D eigenvalue weighted by atomic mass is 16.2. The van der Waals surface area contributed by atoms with Crippen LogP contribution in [0.4, 0.5) is 29.0 Å². The maximum atomic E-state index is 12.5. The molecule has 4 N–H and O–H groups in total. The zero-order valence-electron chi connectivity index (χ0n) is 69.4. The summed E-state index contributed by atoms with van der Waals surface area (Å²) in [5.41, 5.74) is 24.7. The van der Waals surface area contributed by atoms with Crippen molar-refractivity contribution in [3.63, 3.8) is 0 Å². The van der Waals surface area contributed by atoms with Gasteiger partial charge >= 0.3 is 0 Å². The quantitative estimate of drug-likeness (QED) is 0.0550. The Morgan fingerprint density at radius 3 is 0.976 bits per heavy atom. The summed E-state index contributed by atoms with van der Waals surface area (Å²) in [4.78, 5) is 130. The van der Waals surface area contributed by atoms with Gasteiger partial charge in [-0.3, -0.25) is 78.8 Å². The first-order chi connectivity index (χ1) is 59.6. The first-order valence-corrected chi connectivity index (χ1v) is 39.7. The van der Waals surface area contributed by atoms with Crippen LogP contribution in [0.25, 0.3) is 78.8 Å². The molecule has 1 saturated heterocycles. The number of carbonyl (C=O) groups is 5. The zero-order chi connectivity index (χ0) is 86.1. The van der Waals surface area contributed by atoms with Crippen LogP contribution in [0, 0.1) is 55.4 Å². The van der Waals surface area contributed by atoms with Gasteiger partial charge in [0.15, 0.2) is 0 Å². The van der Waals surface area contributed by atoms with Gasteiger partial charge in [0.05, 0.1) is 83.6 Å². The molecule has 16 rings (SSSR count). The molecule has 614 valence electrons. The molecular weight excluding hydrogens is 1540 g/mol. The second kappa shape index (κ2) is 41.1.